The first-order valence-electron chi connectivity index (χ1n) is 8.08. The Morgan fingerprint density at radius 3 is 2.64 bits per heavy atom. The predicted octanol–water partition coefficient (Wildman–Crippen LogP) is 2.00. The number of rotatable bonds is 3. The molecule has 1 aromatic carbocycles. The van der Waals surface area contributed by atoms with E-state index in [1.54, 1.807) is 30.3 Å². The SMILES string of the molecule is Cc1cc(F)ccc1S(=O)(=O)N1CCCN(C(=O)c2cc[nH]c2)CC1. The molecule has 0 saturated carbocycles. The number of halogens is 1. The Morgan fingerprint density at radius 2 is 1.96 bits per heavy atom. The number of aryl methyl sites for hydroxylation is 1. The van der Waals surface area contributed by atoms with E-state index in [0.29, 0.717) is 37.2 Å². The third-order valence-corrected chi connectivity index (χ3v) is 6.40. The Hall–Kier alpha value is -2.19. The second-order valence-corrected chi connectivity index (χ2v) is 7.97. The van der Waals surface area contributed by atoms with Crippen LogP contribution in [0.4, 0.5) is 4.39 Å². The molecule has 0 aliphatic carbocycles. The van der Waals surface area contributed by atoms with Crippen molar-refractivity contribution in [1.82, 2.24) is 14.2 Å². The topological polar surface area (TPSA) is 73.5 Å². The molecule has 8 heteroatoms. The largest absolute Gasteiger partial charge is 0.367 e. The monoisotopic (exact) mass is 365 g/mol. The molecule has 25 heavy (non-hydrogen) atoms. The molecule has 2 heterocycles. The van der Waals surface area contributed by atoms with Crippen LogP contribution in [0.2, 0.25) is 0 Å². The van der Waals surface area contributed by atoms with Crippen LogP contribution >= 0.6 is 0 Å². The summed E-state index contributed by atoms with van der Waals surface area (Å²) in [5.74, 6) is -0.575. The van der Waals surface area contributed by atoms with Crippen LogP contribution in [-0.2, 0) is 10.0 Å². The highest BCUT2D eigenvalue weighted by molar-refractivity contribution is 7.89. The number of aromatic amines is 1. The van der Waals surface area contributed by atoms with Gasteiger partial charge in [0.25, 0.3) is 5.91 Å². The van der Waals surface area contributed by atoms with Crippen molar-refractivity contribution in [2.75, 3.05) is 26.2 Å². The number of carbonyl (C=O) groups is 1. The molecule has 0 radical (unpaired) electrons. The highest BCUT2D eigenvalue weighted by Crippen LogP contribution is 2.22. The minimum Gasteiger partial charge on any atom is -0.367 e. The van der Waals surface area contributed by atoms with Gasteiger partial charge in [-0.25, -0.2) is 12.8 Å². The molecule has 1 saturated heterocycles. The summed E-state index contributed by atoms with van der Waals surface area (Å²) < 4.78 is 40.4. The Bertz CT molecular complexity index is 865. The first kappa shape index (κ1) is 17.6. The van der Waals surface area contributed by atoms with Gasteiger partial charge in [0, 0.05) is 38.6 Å². The smallest absolute Gasteiger partial charge is 0.255 e. The van der Waals surface area contributed by atoms with E-state index in [4.69, 9.17) is 0 Å². The van der Waals surface area contributed by atoms with Gasteiger partial charge in [-0.05, 0) is 43.2 Å². The number of hydrogen-bond donors (Lipinski definition) is 1. The third kappa shape index (κ3) is 3.59. The minimum absolute atomic E-state index is 0.110. The molecular weight excluding hydrogens is 345 g/mol. The van der Waals surface area contributed by atoms with Crippen molar-refractivity contribution in [3.8, 4) is 0 Å². The number of H-pyrrole nitrogens is 1. The Labute approximate surface area is 146 Å². The lowest BCUT2D eigenvalue weighted by molar-refractivity contribution is 0.0764. The number of nitrogens with zero attached hydrogens (tertiary/aromatic N) is 2. The summed E-state index contributed by atoms with van der Waals surface area (Å²) in [6.45, 7) is 2.95. The molecule has 0 spiro atoms. The molecule has 134 valence electrons. The number of amides is 1. The summed E-state index contributed by atoms with van der Waals surface area (Å²) in [5.41, 5.74) is 0.940. The highest BCUT2D eigenvalue weighted by Gasteiger charge is 2.29. The standard InChI is InChI=1S/C17H20FN3O3S/c1-13-11-15(18)3-4-16(13)25(23,24)21-8-2-7-20(9-10-21)17(22)14-5-6-19-12-14/h3-6,11-12,19H,2,7-10H2,1H3. The van der Waals surface area contributed by atoms with Crippen LogP contribution in [-0.4, -0.2) is 54.7 Å². The normalized spacial score (nSPS) is 16.6. The van der Waals surface area contributed by atoms with E-state index < -0.39 is 15.8 Å². The molecule has 0 unspecified atom stereocenters. The molecule has 1 N–H and O–H groups in total. The first-order chi connectivity index (χ1) is 11.9. The maximum Gasteiger partial charge on any atom is 0.255 e. The fraction of sp³-hybridized carbons (Fsp3) is 0.353. The number of aromatic nitrogens is 1. The van der Waals surface area contributed by atoms with Gasteiger partial charge in [0.15, 0.2) is 0 Å². The maximum atomic E-state index is 13.3. The van der Waals surface area contributed by atoms with E-state index >= 15 is 0 Å². The van der Waals surface area contributed by atoms with Crippen molar-refractivity contribution in [1.29, 1.82) is 0 Å². The van der Waals surface area contributed by atoms with Crippen molar-refractivity contribution in [2.45, 2.75) is 18.2 Å². The second kappa shape index (κ2) is 6.97. The van der Waals surface area contributed by atoms with Gasteiger partial charge in [0.2, 0.25) is 10.0 Å². The fourth-order valence-electron chi connectivity index (χ4n) is 3.02. The van der Waals surface area contributed by atoms with E-state index in [0.717, 1.165) is 6.07 Å². The molecule has 0 atom stereocenters. The summed E-state index contributed by atoms with van der Waals surface area (Å²) in [4.78, 5) is 17.0. The molecule has 1 aliphatic heterocycles. The van der Waals surface area contributed by atoms with Crippen LogP contribution in [0, 0.1) is 12.7 Å². The first-order valence-corrected chi connectivity index (χ1v) is 9.52. The Kier molecular flexibility index (Phi) is 4.91. The second-order valence-electron chi connectivity index (χ2n) is 6.06. The van der Waals surface area contributed by atoms with Gasteiger partial charge in [-0.2, -0.15) is 4.31 Å². The maximum absolute atomic E-state index is 13.3. The lowest BCUT2D eigenvalue weighted by Gasteiger charge is -2.22. The third-order valence-electron chi connectivity index (χ3n) is 4.34. The van der Waals surface area contributed by atoms with Crippen molar-refractivity contribution in [2.24, 2.45) is 0 Å². The van der Waals surface area contributed by atoms with Gasteiger partial charge in [-0.15, -0.1) is 0 Å². The van der Waals surface area contributed by atoms with Crippen LogP contribution in [0.1, 0.15) is 22.3 Å². The van der Waals surface area contributed by atoms with Crippen LogP contribution in [0.25, 0.3) is 0 Å². The van der Waals surface area contributed by atoms with Crippen molar-refractivity contribution < 1.29 is 17.6 Å². The fourth-order valence-corrected chi connectivity index (χ4v) is 4.69. The van der Waals surface area contributed by atoms with E-state index in [2.05, 4.69) is 4.98 Å². The molecule has 1 aliphatic rings. The minimum atomic E-state index is -3.71. The molecule has 1 amide bonds. The van der Waals surface area contributed by atoms with Crippen molar-refractivity contribution >= 4 is 15.9 Å². The molecule has 6 nitrogen and oxygen atoms in total. The molecule has 1 fully saturated rings. The zero-order valence-corrected chi connectivity index (χ0v) is 14.7. The number of carbonyl (C=O) groups excluding carboxylic acids is 1. The average molecular weight is 365 g/mol. The molecule has 2 aromatic rings. The van der Waals surface area contributed by atoms with Crippen LogP contribution < -0.4 is 0 Å². The zero-order chi connectivity index (χ0) is 18.0. The van der Waals surface area contributed by atoms with Gasteiger partial charge in [-0.3, -0.25) is 4.79 Å². The molecule has 3 rings (SSSR count). The number of benzene rings is 1. The highest BCUT2D eigenvalue weighted by atomic mass is 32.2. The lowest BCUT2D eigenvalue weighted by atomic mass is 10.2. The predicted molar refractivity (Wildman–Crippen MR) is 91.2 cm³/mol. The van der Waals surface area contributed by atoms with E-state index in [-0.39, 0.29) is 17.3 Å². The van der Waals surface area contributed by atoms with Crippen LogP contribution in [0.15, 0.2) is 41.6 Å². The van der Waals surface area contributed by atoms with Gasteiger partial charge < -0.3 is 9.88 Å². The zero-order valence-electron chi connectivity index (χ0n) is 13.9. The molecule has 0 bridgehead atoms. The van der Waals surface area contributed by atoms with E-state index in [1.165, 1.54) is 16.4 Å². The van der Waals surface area contributed by atoms with Crippen LogP contribution in [0.3, 0.4) is 0 Å². The van der Waals surface area contributed by atoms with E-state index in [9.17, 15) is 17.6 Å². The quantitative estimate of drug-likeness (QED) is 0.904. The van der Waals surface area contributed by atoms with Gasteiger partial charge in [0.1, 0.15) is 5.82 Å². The van der Waals surface area contributed by atoms with Crippen molar-refractivity contribution in [3.05, 3.63) is 53.6 Å². The summed E-state index contributed by atoms with van der Waals surface area (Å²) in [6.07, 6.45) is 3.86. The molecular formula is C17H20FN3O3S. The van der Waals surface area contributed by atoms with Gasteiger partial charge in [0.05, 0.1) is 10.5 Å². The lowest BCUT2D eigenvalue weighted by Crippen LogP contribution is -2.37. The van der Waals surface area contributed by atoms with Gasteiger partial charge >= 0.3 is 0 Å². The number of sulfonamides is 1. The Morgan fingerprint density at radius 1 is 1.16 bits per heavy atom. The van der Waals surface area contributed by atoms with Crippen LogP contribution in [0.5, 0.6) is 0 Å². The number of nitrogens with one attached hydrogen (secondary N) is 1. The van der Waals surface area contributed by atoms with E-state index in [1.807, 2.05) is 0 Å². The Balaban J connectivity index is 1.77. The number of hydrogen-bond acceptors (Lipinski definition) is 3. The molecule has 1 aromatic heterocycles. The summed E-state index contributed by atoms with van der Waals surface area (Å²) in [5, 5.41) is 0. The van der Waals surface area contributed by atoms with Gasteiger partial charge in [-0.1, -0.05) is 0 Å². The summed E-state index contributed by atoms with van der Waals surface area (Å²) in [7, 11) is -3.71. The average Bonchev–Trinajstić information content (AvgIpc) is 2.97. The summed E-state index contributed by atoms with van der Waals surface area (Å²) in [6, 6.07) is 5.36. The summed E-state index contributed by atoms with van der Waals surface area (Å²) >= 11 is 0. The van der Waals surface area contributed by atoms with Crippen molar-refractivity contribution in [3.63, 3.8) is 0 Å².